The van der Waals surface area contributed by atoms with E-state index in [1.807, 2.05) is 6.07 Å². The molecule has 1 nitrogen and oxygen atoms in total. The van der Waals surface area contributed by atoms with E-state index in [0.717, 1.165) is 17.5 Å². The lowest BCUT2D eigenvalue weighted by atomic mass is 9.59. The summed E-state index contributed by atoms with van der Waals surface area (Å²) in [6, 6.07) is 8.39. The van der Waals surface area contributed by atoms with Crippen molar-refractivity contribution in [2.24, 2.45) is 5.92 Å². The fourth-order valence-corrected chi connectivity index (χ4v) is 3.17. The number of nitrogens with one attached hydrogen (secondary N) is 1. The second-order valence-corrected chi connectivity index (χ2v) is 4.97. The van der Waals surface area contributed by atoms with Gasteiger partial charge in [0.1, 0.15) is 0 Å². The maximum Gasteiger partial charge on any atom is 0.0408 e. The predicted molar refractivity (Wildman–Crippen MR) is 58.7 cm³/mol. The van der Waals surface area contributed by atoms with Crippen LogP contribution in [-0.4, -0.2) is 13.1 Å². The van der Waals surface area contributed by atoms with Gasteiger partial charge in [0.15, 0.2) is 0 Å². The smallest absolute Gasteiger partial charge is 0.0408 e. The highest BCUT2D eigenvalue weighted by Crippen LogP contribution is 2.51. The van der Waals surface area contributed by atoms with Gasteiger partial charge in [0.25, 0.3) is 0 Å². The van der Waals surface area contributed by atoms with Gasteiger partial charge in [-0.05, 0) is 43.0 Å². The molecule has 2 aliphatic rings. The van der Waals surface area contributed by atoms with Crippen molar-refractivity contribution in [3.63, 3.8) is 0 Å². The van der Waals surface area contributed by atoms with Gasteiger partial charge < -0.3 is 5.32 Å². The van der Waals surface area contributed by atoms with E-state index in [9.17, 15) is 0 Å². The van der Waals surface area contributed by atoms with E-state index in [1.54, 1.807) is 0 Å². The predicted octanol–water partition coefficient (Wildman–Crippen LogP) is 2.59. The van der Waals surface area contributed by atoms with Crippen molar-refractivity contribution >= 4 is 11.6 Å². The molecule has 0 aromatic heterocycles. The minimum Gasteiger partial charge on any atom is -0.316 e. The topological polar surface area (TPSA) is 12.0 Å². The van der Waals surface area contributed by atoms with Crippen molar-refractivity contribution in [1.29, 1.82) is 0 Å². The average molecular weight is 208 g/mol. The Morgan fingerprint density at radius 3 is 3.00 bits per heavy atom. The summed E-state index contributed by atoms with van der Waals surface area (Å²) in [5.74, 6) is 0.848. The zero-order valence-corrected chi connectivity index (χ0v) is 8.85. The number of hydrogen-bond donors (Lipinski definition) is 1. The van der Waals surface area contributed by atoms with Crippen molar-refractivity contribution in [2.45, 2.75) is 18.3 Å². The normalized spacial score (nSPS) is 35.1. The molecular formula is C12H14ClN. The molecule has 1 N–H and O–H groups in total. The molecule has 1 aromatic rings. The zero-order valence-electron chi connectivity index (χ0n) is 8.09. The van der Waals surface area contributed by atoms with Gasteiger partial charge in [0.05, 0.1) is 0 Å². The largest absolute Gasteiger partial charge is 0.316 e. The van der Waals surface area contributed by atoms with E-state index >= 15 is 0 Å². The van der Waals surface area contributed by atoms with Crippen molar-refractivity contribution in [3.05, 3.63) is 34.9 Å². The lowest BCUT2D eigenvalue weighted by Crippen LogP contribution is -2.43. The third-order valence-electron chi connectivity index (χ3n) is 3.95. The first-order chi connectivity index (χ1) is 6.81. The Bertz CT molecular complexity index is 363. The van der Waals surface area contributed by atoms with E-state index in [-0.39, 0.29) is 0 Å². The van der Waals surface area contributed by atoms with Crippen molar-refractivity contribution in [1.82, 2.24) is 5.32 Å². The molecule has 1 heterocycles. The third kappa shape index (κ3) is 1.06. The van der Waals surface area contributed by atoms with E-state index in [1.165, 1.54) is 24.9 Å². The van der Waals surface area contributed by atoms with Crippen LogP contribution in [0.4, 0.5) is 0 Å². The number of fused-ring (bicyclic) bond motifs is 1. The van der Waals surface area contributed by atoms with Crippen molar-refractivity contribution in [3.8, 4) is 0 Å². The van der Waals surface area contributed by atoms with Crippen LogP contribution in [0.25, 0.3) is 0 Å². The first-order valence-electron chi connectivity index (χ1n) is 5.28. The van der Waals surface area contributed by atoms with Crippen molar-refractivity contribution in [2.75, 3.05) is 13.1 Å². The molecule has 1 saturated carbocycles. The second-order valence-electron chi connectivity index (χ2n) is 4.53. The third-order valence-corrected chi connectivity index (χ3v) is 4.19. The first kappa shape index (κ1) is 8.75. The van der Waals surface area contributed by atoms with Gasteiger partial charge in [-0.2, -0.15) is 0 Å². The molecule has 0 bridgehead atoms. The van der Waals surface area contributed by atoms with Crippen molar-refractivity contribution < 1.29 is 0 Å². The zero-order chi connectivity index (χ0) is 9.60. The average Bonchev–Trinajstić information content (AvgIpc) is 2.43. The van der Waals surface area contributed by atoms with Crippen LogP contribution in [0, 0.1) is 5.92 Å². The van der Waals surface area contributed by atoms with Gasteiger partial charge >= 0.3 is 0 Å². The highest BCUT2D eigenvalue weighted by molar-refractivity contribution is 6.30. The molecule has 2 atom stereocenters. The van der Waals surface area contributed by atoms with Gasteiger partial charge in [-0.15, -0.1) is 0 Å². The summed E-state index contributed by atoms with van der Waals surface area (Å²) in [6.45, 7) is 2.32. The molecule has 3 rings (SSSR count). The molecule has 1 saturated heterocycles. The highest BCUT2D eigenvalue weighted by Gasteiger charge is 2.50. The molecule has 74 valence electrons. The molecule has 0 spiro atoms. The summed E-state index contributed by atoms with van der Waals surface area (Å²) in [6.07, 6.45) is 2.70. The summed E-state index contributed by atoms with van der Waals surface area (Å²) in [7, 11) is 0. The SMILES string of the molecule is Clc1cccc(C23CCC2CNC3)c1. The number of benzene rings is 1. The molecule has 1 aromatic carbocycles. The molecule has 14 heavy (non-hydrogen) atoms. The van der Waals surface area contributed by atoms with Gasteiger partial charge in [-0.25, -0.2) is 0 Å². The Morgan fingerprint density at radius 1 is 1.43 bits per heavy atom. The molecule has 2 heteroatoms. The van der Waals surface area contributed by atoms with Gasteiger partial charge in [-0.3, -0.25) is 0 Å². The Kier molecular flexibility index (Phi) is 1.86. The van der Waals surface area contributed by atoms with Crippen LogP contribution in [-0.2, 0) is 5.41 Å². The minimum atomic E-state index is 0.422. The number of halogens is 1. The molecular weight excluding hydrogens is 194 g/mol. The second kappa shape index (κ2) is 2.98. The van der Waals surface area contributed by atoms with E-state index in [2.05, 4.69) is 23.5 Å². The van der Waals surface area contributed by atoms with Crippen LogP contribution >= 0.6 is 11.6 Å². The summed E-state index contributed by atoms with van der Waals surface area (Å²) in [4.78, 5) is 0. The fraction of sp³-hybridized carbons (Fsp3) is 0.500. The van der Waals surface area contributed by atoms with Crippen LogP contribution in [0.2, 0.25) is 5.02 Å². The lowest BCUT2D eigenvalue weighted by Gasteiger charge is -2.44. The van der Waals surface area contributed by atoms with Gasteiger partial charge in [-0.1, -0.05) is 23.7 Å². The molecule has 1 aliphatic heterocycles. The maximum atomic E-state index is 6.04. The Balaban J connectivity index is 2.02. The van der Waals surface area contributed by atoms with Crippen LogP contribution in [0.1, 0.15) is 18.4 Å². The molecule has 2 unspecified atom stereocenters. The van der Waals surface area contributed by atoms with Gasteiger partial charge in [0, 0.05) is 17.0 Å². The maximum absolute atomic E-state index is 6.04. The summed E-state index contributed by atoms with van der Waals surface area (Å²) >= 11 is 6.04. The first-order valence-corrected chi connectivity index (χ1v) is 5.66. The Hall–Kier alpha value is -0.530. The van der Waals surface area contributed by atoms with Gasteiger partial charge in [0.2, 0.25) is 0 Å². The molecule has 2 fully saturated rings. The Labute approximate surface area is 89.5 Å². The molecule has 1 aliphatic carbocycles. The van der Waals surface area contributed by atoms with Crippen LogP contribution in [0.3, 0.4) is 0 Å². The Morgan fingerprint density at radius 2 is 2.36 bits per heavy atom. The molecule has 0 amide bonds. The lowest BCUT2D eigenvalue weighted by molar-refractivity contribution is 0.182. The quantitative estimate of drug-likeness (QED) is 0.747. The standard InChI is InChI=1S/C12H14ClN/c13-11-3-1-2-9(6-11)12-5-4-10(12)7-14-8-12/h1-3,6,10,14H,4-5,7-8H2. The minimum absolute atomic E-state index is 0.422. The van der Waals surface area contributed by atoms with E-state index in [0.29, 0.717) is 5.41 Å². The molecule has 0 radical (unpaired) electrons. The fourth-order valence-electron chi connectivity index (χ4n) is 2.98. The van der Waals surface area contributed by atoms with Crippen LogP contribution in [0.15, 0.2) is 24.3 Å². The summed E-state index contributed by atoms with van der Waals surface area (Å²) < 4.78 is 0. The summed E-state index contributed by atoms with van der Waals surface area (Å²) in [5, 5.41) is 4.37. The number of hydrogen-bond acceptors (Lipinski definition) is 1. The van der Waals surface area contributed by atoms with E-state index in [4.69, 9.17) is 11.6 Å². The van der Waals surface area contributed by atoms with E-state index < -0.39 is 0 Å². The number of rotatable bonds is 1. The van der Waals surface area contributed by atoms with Crippen LogP contribution < -0.4 is 5.32 Å². The summed E-state index contributed by atoms with van der Waals surface area (Å²) in [5.41, 5.74) is 1.86. The van der Waals surface area contributed by atoms with Crippen LogP contribution in [0.5, 0.6) is 0 Å². The monoisotopic (exact) mass is 207 g/mol. The highest BCUT2D eigenvalue weighted by atomic mass is 35.5.